The van der Waals surface area contributed by atoms with Crippen LogP contribution in [0.5, 0.6) is 0 Å². The average molecular weight is 254 g/mol. The summed E-state index contributed by atoms with van der Waals surface area (Å²) in [7, 11) is 2.20. The van der Waals surface area contributed by atoms with Crippen LogP contribution in [0.1, 0.15) is 32.1 Å². The van der Waals surface area contributed by atoms with E-state index in [0.717, 1.165) is 19.4 Å². The van der Waals surface area contributed by atoms with Gasteiger partial charge in [-0.25, -0.2) is 0 Å². The molecule has 0 fully saturated rings. The maximum Gasteiger partial charge on any atom is 0.0112 e. The first kappa shape index (κ1) is 14.7. The molecule has 0 aliphatic heterocycles. The minimum atomic E-state index is 0.325. The molecule has 1 aromatic rings. The van der Waals surface area contributed by atoms with Crippen LogP contribution in [0, 0.1) is 5.92 Å². The Balaban J connectivity index is 2.29. The molecule has 0 aliphatic rings. The zero-order valence-corrected chi connectivity index (χ0v) is 12.3. The summed E-state index contributed by atoms with van der Waals surface area (Å²) in [6, 6.07) is 5.26. The van der Waals surface area contributed by atoms with E-state index in [2.05, 4.69) is 50.2 Å². The summed E-state index contributed by atoms with van der Waals surface area (Å²) in [4.78, 5) is 3.89. The lowest BCUT2D eigenvalue weighted by Gasteiger charge is -2.26. The van der Waals surface area contributed by atoms with Crippen LogP contribution in [-0.4, -0.2) is 30.6 Å². The van der Waals surface area contributed by atoms with Gasteiger partial charge in [-0.05, 0) is 50.7 Å². The van der Waals surface area contributed by atoms with Gasteiger partial charge in [0.15, 0.2) is 0 Å². The molecule has 2 unspecified atom stereocenters. The predicted octanol–water partition coefficient (Wildman–Crippen LogP) is 2.98. The van der Waals surface area contributed by atoms with Crippen LogP contribution in [0.3, 0.4) is 0 Å². The number of nitrogens with two attached hydrogens (primary N) is 1. The lowest BCUT2D eigenvalue weighted by atomic mass is 10.0. The molecule has 0 bridgehead atoms. The monoisotopic (exact) mass is 254 g/mol. The van der Waals surface area contributed by atoms with Crippen LogP contribution in [0.2, 0.25) is 0 Å². The molecule has 0 amide bonds. The molecule has 1 aromatic heterocycles. The van der Waals surface area contributed by atoms with Gasteiger partial charge in [0.25, 0.3) is 0 Å². The Hall–Kier alpha value is -0.380. The zero-order valence-electron chi connectivity index (χ0n) is 11.5. The summed E-state index contributed by atoms with van der Waals surface area (Å²) in [5.74, 6) is 0.580. The molecule has 0 aliphatic carbocycles. The van der Waals surface area contributed by atoms with Crippen molar-refractivity contribution in [2.24, 2.45) is 11.7 Å². The van der Waals surface area contributed by atoms with Crippen LogP contribution in [0.15, 0.2) is 17.5 Å². The van der Waals surface area contributed by atoms with Crippen LogP contribution in [0.4, 0.5) is 0 Å². The highest BCUT2D eigenvalue weighted by Crippen LogP contribution is 2.14. The van der Waals surface area contributed by atoms with Crippen LogP contribution in [-0.2, 0) is 6.42 Å². The third kappa shape index (κ3) is 5.19. The zero-order chi connectivity index (χ0) is 12.8. The Bertz CT molecular complexity index is 295. The summed E-state index contributed by atoms with van der Waals surface area (Å²) in [6.45, 7) is 7.77. The van der Waals surface area contributed by atoms with Crippen molar-refractivity contribution in [2.45, 2.75) is 45.7 Å². The van der Waals surface area contributed by atoms with Crippen molar-refractivity contribution in [1.29, 1.82) is 0 Å². The van der Waals surface area contributed by atoms with Gasteiger partial charge in [0.05, 0.1) is 0 Å². The molecule has 17 heavy (non-hydrogen) atoms. The van der Waals surface area contributed by atoms with E-state index in [0.29, 0.717) is 18.0 Å². The van der Waals surface area contributed by atoms with Gasteiger partial charge in [-0.15, -0.1) is 11.3 Å². The Morgan fingerprint density at radius 2 is 2.06 bits per heavy atom. The summed E-state index contributed by atoms with van der Waals surface area (Å²) in [6.07, 6.45) is 2.23. The van der Waals surface area contributed by atoms with E-state index in [9.17, 15) is 0 Å². The topological polar surface area (TPSA) is 29.3 Å². The van der Waals surface area contributed by atoms with Crippen molar-refractivity contribution < 1.29 is 0 Å². The van der Waals surface area contributed by atoms with Gasteiger partial charge in [0.1, 0.15) is 0 Å². The third-order valence-electron chi connectivity index (χ3n) is 3.50. The summed E-state index contributed by atoms with van der Waals surface area (Å²) >= 11 is 1.85. The first-order valence-corrected chi connectivity index (χ1v) is 7.37. The molecule has 2 N–H and O–H groups in total. The molecule has 98 valence electrons. The van der Waals surface area contributed by atoms with Crippen LogP contribution < -0.4 is 5.73 Å². The van der Waals surface area contributed by atoms with Crippen LogP contribution in [0.25, 0.3) is 0 Å². The largest absolute Gasteiger partial charge is 0.327 e. The lowest BCUT2D eigenvalue weighted by molar-refractivity contribution is 0.240. The third-order valence-corrected chi connectivity index (χ3v) is 4.40. The van der Waals surface area contributed by atoms with Crippen molar-refractivity contribution in [2.75, 3.05) is 13.6 Å². The average Bonchev–Trinajstić information content (AvgIpc) is 2.77. The highest BCUT2D eigenvalue weighted by Gasteiger charge is 2.13. The molecule has 1 heterocycles. The van der Waals surface area contributed by atoms with Gasteiger partial charge in [-0.2, -0.15) is 0 Å². The van der Waals surface area contributed by atoms with Gasteiger partial charge >= 0.3 is 0 Å². The Morgan fingerprint density at radius 1 is 1.35 bits per heavy atom. The maximum atomic E-state index is 6.08. The van der Waals surface area contributed by atoms with Crippen molar-refractivity contribution >= 4 is 11.3 Å². The fourth-order valence-corrected chi connectivity index (χ4v) is 2.61. The van der Waals surface area contributed by atoms with Gasteiger partial charge in [0.2, 0.25) is 0 Å². The lowest BCUT2D eigenvalue weighted by Crippen LogP contribution is -2.36. The Labute approximate surface area is 110 Å². The second-order valence-electron chi connectivity index (χ2n) is 5.31. The summed E-state index contributed by atoms with van der Waals surface area (Å²) in [5, 5.41) is 2.15. The molecule has 2 nitrogen and oxygen atoms in total. The molecule has 2 atom stereocenters. The van der Waals surface area contributed by atoms with E-state index in [4.69, 9.17) is 5.73 Å². The van der Waals surface area contributed by atoms with E-state index in [1.807, 2.05) is 11.3 Å². The van der Waals surface area contributed by atoms with Gasteiger partial charge in [-0.1, -0.05) is 19.9 Å². The van der Waals surface area contributed by atoms with E-state index in [1.54, 1.807) is 0 Å². The molecule has 0 aromatic carbocycles. The van der Waals surface area contributed by atoms with Crippen molar-refractivity contribution in [1.82, 2.24) is 4.90 Å². The van der Waals surface area contributed by atoms with E-state index >= 15 is 0 Å². The normalized spacial score (nSPS) is 15.5. The Kier molecular flexibility index (Phi) is 6.17. The SMILES string of the molecule is CC(C)C(N)CCN(C)C(C)Cc1cccs1. The molecular weight excluding hydrogens is 228 g/mol. The molecule has 3 heteroatoms. The predicted molar refractivity (Wildman–Crippen MR) is 77.5 cm³/mol. The van der Waals surface area contributed by atoms with Crippen molar-refractivity contribution in [3.63, 3.8) is 0 Å². The van der Waals surface area contributed by atoms with E-state index < -0.39 is 0 Å². The second-order valence-corrected chi connectivity index (χ2v) is 6.34. The fraction of sp³-hybridized carbons (Fsp3) is 0.714. The van der Waals surface area contributed by atoms with Gasteiger partial charge in [-0.3, -0.25) is 0 Å². The number of hydrogen-bond donors (Lipinski definition) is 1. The first-order chi connectivity index (χ1) is 8.00. The van der Waals surface area contributed by atoms with Gasteiger partial charge < -0.3 is 10.6 Å². The molecule has 0 spiro atoms. The summed E-state index contributed by atoms with van der Waals surface area (Å²) in [5.41, 5.74) is 6.08. The standard InChI is InChI=1S/C14H26N2S/c1-11(2)14(15)7-8-16(4)12(3)10-13-6-5-9-17-13/h5-6,9,11-12,14H,7-8,10,15H2,1-4H3. The molecule has 0 saturated heterocycles. The highest BCUT2D eigenvalue weighted by atomic mass is 32.1. The highest BCUT2D eigenvalue weighted by molar-refractivity contribution is 7.09. The minimum Gasteiger partial charge on any atom is -0.327 e. The van der Waals surface area contributed by atoms with Crippen molar-refractivity contribution in [3.8, 4) is 0 Å². The number of thiophene rings is 1. The number of likely N-dealkylation sites (N-methyl/N-ethyl adjacent to an activating group) is 1. The number of hydrogen-bond acceptors (Lipinski definition) is 3. The number of rotatable bonds is 7. The second kappa shape index (κ2) is 7.14. The molecule has 0 radical (unpaired) electrons. The molecular formula is C14H26N2S. The van der Waals surface area contributed by atoms with E-state index in [1.165, 1.54) is 4.88 Å². The summed E-state index contributed by atoms with van der Waals surface area (Å²) < 4.78 is 0. The van der Waals surface area contributed by atoms with Gasteiger partial charge in [0, 0.05) is 17.0 Å². The fourth-order valence-electron chi connectivity index (χ4n) is 1.78. The maximum absolute atomic E-state index is 6.08. The quantitative estimate of drug-likeness (QED) is 0.810. The van der Waals surface area contributed by atoms with Crippen molar-refractivity contribution in [3.05, 3.63) is 22.4 Å². The Morgan fingerprint density at radius 3 is 2.59 bits per heavy atom. The smallest absolute Gasteiger partial charge is 0.0112 e. The molecule has 1 rings (SSSR count). The minimum absolute atomic E-state index is 0.325. The first-order valence-electron chi connectivity index (χ1n) is 6.49. The molecule has 0 saturated carbocycles. The van der Waals surface area contributed by atoms with Crippen LogP contribution >= 0.6 is 11.3 Å². The number of nitrogens with zero attached hydrogens (tertiary/aromatic N) is 1. The van der Waals surface area contributed by atoms with E-state index in [-0.39, 0.29) is 0 Å².